The van der Waals surface area contributed by atoms with Crippen LogP contribution in [0.4, 0.5) is 0 Å². The third kappa shape index (κ3) is 10.4. The van der Waals surface area contributed by atoms with Gasteiger partial charge in [-0.3, -0.25) is 0 Å². The molecule has 0 aromatic heterocycles. The average molecular weight is 289 g/mol. The number of sulfone groups is 1. The van der Waals surface area contributed by atoms with Gasteiger partial charge in [0.1, 0.15) is 9.84 Å². The van der Waals surface area contributed by atoms with E-state index >= 15 is 0 Å². The minimum Gasteiger partial charge on any atom is -0.313 e. The molecule has 0 heterocycles. The summed E-state index contributed by atoms with van der Waals surface area (Å²) in [6.45, 7) is 0.615. The molecule has 0 radical (unpaired) electrons. The molecule has 0 aromatic carbocycles. The molecule has 0 amide bonds. The van der Waals surface area contributed by atoms with Crippen molar-refractivity contribution in [3.63, 3.8) is 0 Å². The summed E-state index contributed by atoms with van der Waals surface area (Å²) >= 11 is 0. The van der Waals surface area contributed by atoms with Crippen molar-refractivity contribution in [2.75, 3.05) is 18.6 Å². The van der Waals surface area contributed by atoms with Crippen LogP contribution < -0.4 is 5.32 Å². The highest BCUT2D eigenvalue weighted by Gasteiger charge is 2.10. The second kappa shape index (κ2) is 9.76. The highest BCUT2D eigenvalue weighted by atomic mass is 32.2. The first kappa shape index (κ1) is 17.0. The molecule has 3 nitrogen and oxygen atoms in total. The van der Waals surface area contributed by atoms with Crippen LogP contribution in [0.25, 0.3) is 0 Å². The maximum absolute atomic E-state index is 11.1. The second-order valence-corrected chi connectivity index (χ2v) is 8.30. The van der Waals surface area contributed by atoms with E-state index in [-0.39, 0.29) is 5.75 Å². The maximum atomic E-state index is 11.1. The summed E-state index contributed by atoms with van der Waals surface area (Å²) in [6, 6.07) is 0.529. The van der Waals surface area contributed by atoms with Gasteiger partial charge in [-0.05, 0) is 12.8 Å². The molecule has 0 unspecified atom stereocenters. The molecule has 0 bridgehead atoms. The zero-order valence-electron chi connectivity index (χ0n) is 12.5. The topological polar surface area (TPSA) is 46.2 Å². The van der Waals surface area contributed by atoms with Crippen molar-refractivity contribution in [1.82, 2.24) is 5.32 Å². The Labute approximate surface area is 119 Å². The van der Waals surface area contributed by atoms with Crippen LogP contribution in [-0.2, 0) is 9.84 Å². The quantitative estimate of drug-likeness (QED) is 0.864. The van der Waals surface area contributed by atoms with Crippen LogP contribution in [0.5, 0.6) is 0 Å². The maximum Gasteiger partial charge on any atom is 0.148 e. The summed E-state index contributed by atoms with van der Waals surface area (Å²) in [5.41, 5.74) is 0. The number of nitrogens with one attached hydrogen (secondary N) is 1. The molecule has 0 atom stereocenters. The Hall–Kier alpha value is -0.0900. The monoisotopic (exact) mass is 289 g/mol. The molecule has 1 aliphatic carbocycles. The Bertz CT molecular complexity index is 302. The fourth-order valence-corrected chi connectivity index (χ4v) is 3.30. The minimum absolute atomic E-state index is 0.267. The molecule has 114 valence electrons. The molecule has 19 heavy (non-hydrogen) atoms. The lowest BCUT2D eigenvalue weighted by molar-refractivity contribution is 0.411. The fraction of sp³-hybridized carbons (Fsp3) is 1.00. The summed E-state index contributed by atoms with van der Waals surface area (Å²) < 4.78 is 22.3. The van der Waals surface area contributed by atoms with Crippen LogP contribution >= 0.6 is 0 Å². The van der Waals surface area contributed by atoms with Crippen LogP contribution in [0.15, 0.2) is 0 Å². The van der Waals surface area contributed by atoms with Gasteiger partial charge in [-0.1, -0.05) is 57.8 Å². The zero-order valence-corrected chi connectivity index (χ0v) is 13.3. The van der Waals surface area contributed by atoms with Gasteiger partial charge in [-0.2, -0.15) is 0 Å². The Balaban J connectivity index is 2.26. The first-order valence-electron chi connectivity index (χ1n) is 7.99. The molecule has 0 aromatic rings. The first-order valence-corrected chi connectivity index (χ1v) is 10.0. The number of hydrogen-bond donors (Lipinski definition) is 1. The van der Waals surface area contributed by atoms with Crippen LogP contribution in [-0.4, -0.2) is 33.0 Å². The van der Waals surface area contributed by atoms with Crippen molar-refractivity contribution >= 4 is 9.84 Å². The molecule has 1 fully saturated rings. The normalized spacial score (nSPS) is 21.5. The molecule has 4 heteroatoms. The number of hydrogen-bond acceptors (Lipinski definition) is 3. The Morgan fingerprint density at radius 1 is 0.842 bits per heavy atom. The van der Waals surface area contributed by atoms with Gasteiger partial charge in [-0.15, -0.1) is 0 Å². The molecule has 1 aliphatic rings. The van der Waals surface area contributed by atoms with Gasteiger partial charge in [0.25, 0.3) is 0 Å². The first-order chi connectivity index (χ1) is 9.08. The molecule has 0 spiro atoms. The Morgan fingerprint density at radius 2 is 1.26 bits per heavy atom. The van der Waals surface area contributed by atoms with E-state index in [2.05, 4.69) is 5.32 Å². The lowest BCUT2D eigenvalue weighted by Gasteiger charge is -2.19. The zero-order chi connectivity index (χ0) is 14.0. The van der Waals surface area contributed by atoms with Gasteiger partial charge in [0, 0.05) is 18.8 Å². The Kier molecular flexibility index (Phi) is 8.71. The molecular formula is C15H31NO2S. The third-order valence-electron chi connectivity index (χ3n) is 4.01. The van der Waals surface area contributed by atoms with Gasteiger partial charge in [0.05, 0.1) is 5.75 Å². The smallest absolute Gasteiger partial charge is 0.148 e. The van der Waals surface area contributed by atoms with Gasteiger partial charge in [0.15, 0.2) is 0 Å². The van der Waals surface area contributed by atoms with Crippen LogP contribution in [0.3, 0.4) is 0 Å². The van der Waals surface area contributed by atoms with Crippen molar-refractivity contribution in [1.29, 1.82) is 0 Å². The van der Waals surface area contributed by atoms with Crippen molar-refractivity contribution in [2.45, 2.75) is 76.7 Å². The molecule has 0 aliphatic heterocycles. The lowest BCUT2D eigenvalue weighted by Crippen LogP contribution is -2.33. The van der Waals surface area contributed by atoms with Gasteiger partial charge >= 0.3 is 0 Å². The van der Waals surface area contributed by atoms with Crippen molar-refractivity contribution in [3.05, 3.63) is 0 Å². The van der Waals surface area contributed by atoms with Crippen molar-refractivity contribution in [3.8, 4) is 0 Å². The summed E-state index contributed by atoms with van der Waals surface area (Å²) in [4.78, 5) is 0. The molecule has 1 rings (SSSR count). The van der Waals surface area contributed by atoms with Crippen molar-refractivity contribution < 1.29 is 8.42 Å². The predicted octanol–water partition coefficient (Wildman–Crippen LogP) is 3.29. The lowest BCUT2D eigenvalue weighted by atomic mass is 9.98. The van der Waals surface area contributed by atoms with E-state index in [0.717, 1.165) is 0 Å². The van der Waals surface area contributed by atoms with E-state index < -0.39 is 9.84 Å². The summed E-state index contributed by atoms with van der Waals surface area (Å²) in [5.74, 6) is 0.267. The Morgan fingerprint density at radius 3 is 1.68 bits per heavy atom. The second-order valence-electron chi connectivity index (χ2n) is 6.04. The van der Waals surface area contributed by atoms with Gasteiger partial charge < -0.3 is 5.32 Å². The van der Waals surface area contributed by atoms with E-state index in [4.69, 9.17) is 0 Å². The molecule has 1 N–H and O–H groups in total. The van der Waals surface area contributed by atoms with Gasteiger partial charge in [-0.25, -0.2) is 8.42 Å². The highest BCUT2D eigenvalue weighted by Crippen LogP contribution is 2.16. The third-order valence-corrected chi connectivity index (χ3v) is 4.96. The van der Waals surface area contributed by atoms with Crippen LogP contribution in [0.1, 0.15) is 70.6 Å². The van der Waals surface area contributed by atoms with E-state index in [1.807, 2.05) is 0 Å². The molecule has 1 saturated carbocycles. The fourth-order valence-electron chi connectivity index (χ4n) is 2.82. The molecule has 0 saturated heterocycles. The highest BCUT2D eigenvalue weighted by molar-refractivity contribution is 7.90. The summed E-state index contributed by atoms with van der Waals surface area (Å²) in [7, 11) is -2.83. The largest absolute Gasteiger partial charge is 0.313 e. The molecular weight excluding hydrogens is 258 g/mol. The van der Waals surface area contributed by atoms with E-state index in [9.17, 15) is 8.42 Å². The standard InChI is InChI=1S/C15H31NO2S/c1-19(17,18)14-13-16-15-11-9-7-5-3-2-4-6-8-10-12-15/h15-16H,2-14H2,1H3. The summed E-state index contributed by atoms with van der Waals surface area (Å²) in [6.07, 6.45) is 15.9. The minimum atomic E-state index is -2.83. The van der Waals surface area contributed by atoms with E-state index in [1.165, 1.54) is 76.9 Å². The predicted molar refractivity (Wildman–Crippen MR) is 82.3 cm³/mol. The van der Waals surface area contributed by atoms with Gasteiger partial charge in [0.2, 0.25) is 0 Å². The van der Waals surface area contributed by atoms with E-state index in [0.29, 0.717) is 12.6 Å². The SMILES string of the molecule is CS(=O)(=O)CCNC1CCCCCCCCCCC1. The van der Waals surface area contributed by atoms with Crippen LogP contribution in [0, 0.1) is 0 Å². The number of rotatable bonds is 4. The van der Waals surface area contributed by atoms with E-state index in [1.54, 1.807) is 0 Å². The van der Waals surface area contributed by atoms with Crippen molar-refractivity contribution in [2.24, 2.45) is 0 Å². The summed E-state index contributed by atoms with van der Waals surface area (Å²) in [5, 5.41) is 3.45. The average Bonchev–Trinajstić information content (AvgIpc) is 2.30. The van der Waals surface area contributed by atoms with Crippen LogP contribution in [0.2, 0.25) is 0 Å².